The third-order valence-electron chi connectivity index (χ3n) is 5.44. The zero-order chi connectivity index (χ0) is 22.9. The standard InChI is InChI=1S/C23H32N6O3/c1-28(2)22-26-15-19(21(30)24-12-14-32-3)20(27-22)18-10-13-29(16-18)23(31)25-11-9-17-7-5-4-6-8-17/h4-8,15,18H,9-14,16H2,1-3H3,(H,24,30)(H,25,31). The molecule has 3 rings (SSSR count). The third-order valence-corrected chi connectivity index (χ3v) is 5.44. The van der Waals surface area contributed by atoms with E-state index in [0.717, 1.165) is 12.8 Å². The van der Waals surface area contributed by atoms with Crippen molar-refractivity contribution >= 4 is 17.9 Å². The topological polar surface area (TPSA) is 99.7 Å². The lowest BCUT2D eigenvalue weighted by Crippen LogP contribution is -2.39. The first-order valence-corrected chi connectivity index (χ1v) is 10.9. The van der Waals surface area contributed by atoms with Gasteiger partial charge in [-0.15, -0.1) is 0 Å². The SMILES string of the molecule is COCCNC(=O)c1cnc(N(C)C)nc1C1CCN(C(=O)NCCc2ccccc2)C1. The molecule has 3 amide bonds. The molecule has 0 bridgehead atoms. The molecule has 1 aliphatic rings. The maximum atomic E-state index is 12.7. The Kier molecular flexibility index (Phi) is 8.38. The first kappa shape index (κ1) is 23.5. The number of carbonyl (C=O) groups is 2. The Bertz CT molecular complexity index is 906. The maximum absolute atomic E-state index is 12.7. The van der Waals surface area contributed by atoms with Crippen molar-refractivity contribution in [2.24, 2.45) is 0 Å². The van der Waals surface area contributed by atoms with Gasteiger partial charge in [-0.2, -0.15) is 0 Å². The third kappa shape index (κ3) is 6.16. The molecule has 1 aliphatic heterocycles. The molecule has 1 fully saturated rings. The molecule has 1 aromatic heterocycles. The van der Waals surface area contributed by atoms with Crippen molar-refractivity contribution in [2.45, 2.75) is 18.8 Å². The number of amides is 3. The largest absolute Gasteiger partial charge is 0.383 e. The fourth-order valence-corrected chi connectivity index (χ4v) is 3.69. The van der Waals surface area contributed by atoms with E-state index in [1.807, 2.05) is 32.3 Å². The Morgan fingerprint density at radius 3 is 2.69 bits per heavy atom. The van der Waals surface area contributed by atoms with Gasteiger partial charge in [0, 0.05) is 59.5 Å². The van der Waals surface area contributed by atoms with E-state index in [1.54, 1.807) is 23.1 Å². The molecular weight excluding hydrogens is 408 g/mol. The van der Waals surface area contributed by atoms with E-state index in [0.29, 0.717) is 50.0 Å². The summed E-state index contributed by atoms with van der Waals surface area (Å²) in [6, 6.07) is 9.98. The van der Waals surface area contributed by atoms with Crippen LogP contribution in [0, 0.1) is 0 Å². The Morgan fingerprint density at radius 1 is 1.19 bits per heavy atom. The van der Waals surface area contributed by atoms with Crippen molar-refractivity contribution in [2.75, 3.05) is 58.9 Å². The number of aromatic nitrogens is 2. The lowest BCUT2D eigenvalue weighted by atomic mass is 10.00. The predicted octanol–water partition coefficient (Wildman–Crippen LogP) is 1.66. The van der Waals surface area contributed by atoms with E-state index in [2.05, 4.69) is 32.7 Å². The molecule has 9 nitrogen and oxygen atoms in total. The first-order chi connectivity index (χ1) is 15.5. The molecule has 2 heterocycles. The Balaban J connectivity index is 1.64. The van der Waals surface area contributed by atoms with Gasteiger partial charge in [0.1, 0.15) is 0 Å². The Morgan fingerprint density at radius 2 is 1.97 bits per heavy atom. The highest BCUT2D eigenvalue weighted by Crippen LogP contribution is 2.29. The number of hydrogen-bond donors (Lipinski definition) is 2. The fourth-order valence-electron chi connectivity index (χ4n) is 3.69. The number of hydrogen-bond acceptors (Lipinski definition) is 6. The molecule has 2 N–H and O–H groups in total. The van der Waals surface area contributed by atoms with Crippen LogP contribution in [-0.4, -0.2) is 80.8 Å². The fraction of sp³-hybridized carbons (Fsp3) is 0.478. The summed E-state index contributed by atoms with van der Waals surface area (Å²) in [6.07, 6.45) is 3.10. The van der Waals surface area contributed by atoms with Crippen LogP contribution < -0.4 is 15.5 Å². The number of nitrogens with zero attached hydrogens (tertiary/aromatic N) is 4. The molecule has 1 unspecified atom stereocenters. The first-order valence-electron chi connectivity index (χ1n) is 10.9. The van der Waals surface area contributed by atoms with Gasteiger partial charge >= 0.3 is 6.03 Å². The van der Waals surface area contributed by atoms with E-state index in [-0.39, 0.29) is 17.9 Å². The summed E-state index contributed by atoms with van der Waals surface area (Å²) in [5.74, 6) is 0.284. The van der Waals surface area contributed by atoms with Crippen LogP contribution in [0.3, 0.4) is 0 Å². The summed E-state index contributed by atoms with van der Waals surface area (Å²) in [5.41, 5.74) is 2.31. The van der Waals surface area contributed by atoms with E-state index in [4.69, 9.17) is 4.74 Å². The second-order valence-electron chi connectivity index (χ2n) is 8.01. The highest BCUT2D eigenvalue weighted by Gasteiger charge is 2.31. The molecule has 0 saturated carbocycles. The van der Waals surface area contributed by atoms with Crippen molar-refractivity contribution in [1.29, 1.82) is 0 Å². The molecule has 32 heavy (non-hydrogen) atoms. The lowest BCUT2D eigenvalue weighted by molar-refractivity contribution is 0.0935. The Labute approximate surface area is 189 Å². The van der Waals surface area contributed by atoms with Gasteiger partial charge in [-0.1, -0.05) is 30.3 Å². The number of methoxy groups -OCH3 is 1. The van der Waals surface area contributed by atoms with Crippen LogP contribution in [0.1, 0.15) is 34.0 Å². The number of urea groups is 1. The van der Waals surface area contributed by atoms with Crippen molar-refractivity contribution in [3.63, 3.8) is 0 Å². The highest BCUT2D eigenvalue weighted by molar-refractivity contribution is 5.95. The molecule has 1 aromatic carbocycles. The van der Waals surface area contributed by atoms with Crippen LogP contribution >= 0.6 is 0 Å². The quantitative estimate of drug-likeness (QED) is 0.576. The molecular formula is C23H32N6O3. The van der Waals surface area contributed by atoms with Crippen LogP contribution in [0.2, 0.25) is 0 Å². The summed E-state index contributed by atoms with van der Waals surface area (Å²) >= 11 is 0. The average molecular weight is 441 g/mol. The van der Waals surface area contributed by atoms with Gasteiger partial charge in [0.2, 0.25) is 5.95 Å². The van der Waals surface area contributed by atoms with E-state index < -0.39 is 0 Å². The molecule has 1 saturated heterocycles. The van der Waals surface area contributed by atoms with E-state index in [9.17, 15) is 9.59 Å². The second kappa shape index (κ2) is 11.4. The summed E-state index contributed by atoms with van der Waals surface area (Å²) in [4.78, 5) is 38.0. The number of benzene rings is 1. The van der Waals surface area contributed by atoms with Gasteiger partial charge in [0.05, 0.1) is 17.9 Å². The van der Waals surface area contributed by atoms with Gasteiger partial charge in [0.25, 0.3) is 5.91 Å². The van der Waals surface area contributed by atoms with Gasteiger partial charge < -0.3 is 25.2 Å². The van der Waals surface area contributed by atoms with Crippen LogP contribution in [-0.2, 0) is 11.2 Å². The van der Waals surface area contributed by atoms with Crippen molar-refractivity contribution < 1.29 is 14.3 Å². The van der Waals surface area contributed by atoms with Crippen molar-refractivity contribution in [3.05, 3.63) is 53.3 Å². The molecule has 1 atom stereocenters. The van der Waals surface area contributed by atoms with E-state index in [1.165, 1.54) is 5.56 Å². The number of likely N-dealkylation sites (tertiary alicyclic amines) is 1. The predicted molar refractivity (Wildman–Crippen MR) is 123 cm³/mol. The maximum Gasteiger partial charge on any atom is 0.317 e. The van der Waals surface area contributed by atoms with Gasteiger partial charge in [-0.05, 0) is 18.4 Å². The smallest absolute Gasteiger partial charge is 0.317 e. The zero-order valence-corrected chi connectivity index (χ0v) is 19.0. The summed E-state index contributed by atoms with van der Waals surface area (Å²) in [5, 5.41) is 5.84. The minimum atomic E-state index is -0.229. The monoisotopic (exact) mass is 440 g/mol. The molecule has 0 spiro atoms. The van der Waals surface area contributed by atoms with Gasteiger partial charge in [-0.25, -0.2) is 14.8 Å². The van der Waals surface area contributed by atoms with Crippen molar-refractivity contribution in [3.8, 4) is 0 Å². The summed E-state index contributed by atoms with van der Waals surface area (Å²) in [7, 11) is 5.31. The highest BCUT2D eigenvalue weighted by atomic mass is 16.5. The van der Waals surface area contributed by atoms with Crippen LogP contribution in [0.15, 0.2) is 36.5 Å². The number of ether oxygens (including phenoxy) is 1. The van der Waals surface area contributed by atoms with Crippen LogP contribution in [0.4, 0.5) is 10.7 Å². The molecule has 0 radical (unpaired) electrons. The summed E-state index contributed by atoms with van der Waals surface area (Å²) in [6.45, 7) is 2.55. The lowest BCUT2D eigenvalue weighted by Gasteiger charge is -2.19. The molecule has 172 valence electrons. The number of rotatable bonds is 9. The van der Waals surface area contributed by atoms with Crippen molar-refractivity contribution in [1.82, 2.24) is 25.5 Å². The molecule has 9 heteroatoms. The summed E-state index contributed by atoms with van der Waals surface area (Å²) < 4.78 is 5.01. The molecule has 2 aromatic rings. The second-order valence-corrected chi connectivity index (χ2v) is 8.01. The van der Waals surface area contributed by atoms with Gasteiger partial charge in [0.15, 0.2) is 0 Å². The number of nitrogens with one attached hydrogen (secondary N) is 2. The molecule has 0 aliphatic carbocycles. The normalized spacial score (nSPS) is 15.5. The Hall–Kier alpha value is -3.20. The van der Waals surface area contributed by atoms with E-state index >= 15 is 0 Å². The minimum Gasteiger partial charge on any atom is -0.383 e. The minimum absolute atomic E-state index is 0.0280. The van der Waals surface area contributed by atoms with Crippen LogP contribution in [0.5, 0.6) is 0 Å². The number of anilines is 1. The zero-order valence-electron chi connectivity index (χ0n) is 19.0. The number of carbonyl (C=O) groups excluding carboxylic acids is 2. The average Bonchev–Trinajstić information content (AvgIpc) is 3.30. The van der Waals surface area contributed by atoms with Gasteiger partial charge in [-0.3, -0.25) is 4.79 Å². The van der Waals surface area contributed by atoms with Crippen LogP contribution in [0.25, 0.3) is 0 Å².